The molecule has 0 aliphatic heterocycles. The third kappa shape index (κ3) is 2.59. The summed E-state index contributed by atoms with van der Waals surface area (Å²) in [5, 5.41) is 4.26. The Labute approximate surface area is 106 Å². The average Bonchev–Trinajstić information content (AvgIpc) is 2.77. The Bertz CT molecular complexity index is 520. The predicted molar refractivity (Wildman–Crippen MR) is 68.9 cm³/mol. The number of hydrogen-bond donors (Lipinski definition) is 1. The van der Waals surface area contributed by atoms with Crippen molar-refractivity contribution in [2.24, 2.45) is 5.73 Å². The third-order valence-electron chi connectivity index (χ3n) is 2.88. The van der Waals surface area contributed by atoms with Gasteiger partial charge in [-0.2, -0.15) is 5.10 Å². The van der Waals surface area contributed by atoms with Crippen molar-refractivity contribution < 1.29 is 4.39 Å². The molecule has 1 aromatic heterocycles. The van der Waals surface area contributed by atoms with Crippen LogP contribution in [0.3, 0.4) is 0 Å². The van der Waals surface area contributed by atoms with Crippen molar-refractivity contribution in [2.75, 3.05) is 0 Å². The number of benzene rings is 1. The molecule has 0 bridgehead atoms. The molecule has 95 valence electrons. The molecule has 4 heteroatoms. The van der Waals surface area contributed by atoms with E-state index in [4.69, 9.17) is 5.73 Å². The zero-order valence-electron chi connectivity index (χ0n) is 10.5. The number of nitrogens with two attached hydrogens (primary N) is 1. The van der Waals surface area contributed by atoms with Gasteiger partial charge in [-0.3, -0.25) is 0 Å². The summed E-state index contributed by atoms with van der Waals surface area (Å²) in [6.07, 6.45) is 5.23. The van der Waals surface area contributed by atoms with Crippen molar-refractivity contribution >= 4 is 0 Å². The first kappa shape index (κ1) is 12.8. The zero-order chi connectivity index (χ0) is 13.0. The molecule has 0 fully saturated rings. The summed E-state index contributed by atoms with van der Waals surface area (Å²) in [6, 6.07) is 7.57. The zero-order valence-corrected chi connectivity index (χ0v) is 10.5. The average molecular weight is 246 g/mol. The fourth-order valence-corrected chi connectivity index (χ4v) is 1.86. The first-order chi connectivity index (χ1) is 8.76. The van der Waals surface area contributed by atoms with Gasteiger partial charge in [0.2, 0.25) is 0 Å². The van der Waals surface area contributed by atoms with Crippen LogP contribution in [0.5, 0.6) is 0 Å². The van der Waals surface area contributed by atoms with Gasteiger partial charge >= 0.3 is 0 Å². The van der Waals surface area contributed by atoms with E-state index < -0.39 is 0 Å². The van der Waals surface area contributed by atoms with Crippen LogP contribution in [0.4, 0.5) is 4.39 Å². The van der Waals surface area contributed by atoms with Crippen molar-refractivity contribution in [1.29, 1.82) is 0 Å². The van der Waals surface area contributed by atoms with Crippen LogP contribution < -0.4 is 5.73 Å². The molecule has 1 radical (unpaired) electrons. The lowest BCUT2D eigenvalue weighted by Crippen LogP contribution is -2.05. The van der Waals surface area contributed by atoms with Gasteiger partial charge in [0.1, 0.15) is 6.20 Å². The molecule has 1 heterocycles. The molecular weight excluding hydrogens is 229 g/mol. The number of hydrogen-bond acceptors (Lipinski definition) is 2. The Morgan fingerprint density at radius 2 is 2.17 bits per heavy atom. The molecule has 0 saturated heterocycles. The molecule has 2 rings (SSSR count). The molecule has 3 nitrogen and oxygen atoms in total. The minimum Gasteiger partial charge on any atom is -0.326 e. The van der Waals surface area contributed by atoms with Gasteiger partial charge in [0.25, 0.3) is 0 Å². The summed E-state index contributed by atoms with van der Waals surface area (Å²) < 4.78 is 15.1. The van der Waals surface area contributed by atoms with Crippen LogP contribution in [0.25, 0.3) is 5.69 Å². The molecule has 2 N–H and O–H groups in total. The second kappa shape index (κ2) is 5.78. The van der Waals surface area contributed by atoms with Crippen LogP contribution in [0.2, 0.25) is 0 Å². The number of para-hydroxylation sites is 1. The molecule has 0 aliphatic rings. The van der Waals surface area contributed by atoms with Crippen LogP contribution >= 0.6 is 0 Å². The minimum absolute atomic E-state index is 0.365. The fraction of sp³-hybridized carbons (Fsp3) is 0.357. The smallest absolute Gasteiger partial charge is 0.174 e. The number of rotatable bonds is 5. The Hall–Kier alpha value is -1.68. The van der Waals surface area contributed by atoms with E-state index in [-0.39, 0.29) is 5.82 Å². The SMILES string of the molecule is CCCCc1nn(-c2ccccc2CN)[c]c1F. The van der Waals surface area contributed by atoms with Crippen LogP contribution in [-0.2, 0) is 13.0 Å². The lowest BCUT2D eigenvalue weighted by atomic mass is 10.2. The van der Waals surface area contributed by atoms with E-state index in [0.717, 1.165) is 24.1 Å². The quantitative estimate of drug-likeness (QED) is 0.881. The number of unbranched alkanes of at least 4 members (excludes halogenated alkanes) is 1. The lowest BCUT2D eigenvalue weighted by molar-refractivity contribution is 0.600. The van der Waals surface area contributed by atoms with Crippen molar-refractivity contribution in [2.45, 2.75) is 32.7 Å². The molecule has 18 heavy (non-hydrogen) atoms. The number of nitrogens with zero attached hydrogens (tertiary/aromatic N) is 2. The number of aromatic nitrogens is 2. The summed E-state index contributed by atoms with van der Waals surface area (Å²) in [6.45, 7) is 2.47. The van der Waals surface area contributed by atoms with E-state index in [1.807, 2.05) is 24.3 Å². The maximum atomic E-state index is 13.7. The molecule has 1 aromatic carbocycles. The van der Waals surface area contributed by atoms with Gasteiger partial charge in [-0.05, 0) is 24.5 Å². The third-order valence-corrected chi connectivity index (χ3v) is 2.88. The monoisotopic (exact) mass is 246 g/mol. The second-order valence-corrected chi connectivity index (χ2v) is 4.22. The Morgan fingerprint density at radius 1 is 1.39 bits per heavy atom. The van der Waals surface area contributed by atoms with Crippen LogP contribution in [0, 0.1) is 12.0 Å². The van der Waals surface area contributed by atoms with Gasteiger partial charge in [-0.15, -0.1) is 0 Å². The fourth-order valence-electron chi connectivity index (χ4n) is 1.86. The van der Waals surface area contributed by atoms with E-state index in [2.05, 4.69) is 18.2 Å². The Morgan fingerprint density at radius 3 is 2.89 bits per heavy atom. The maximum absolute atomic E-state index is 13.7. The summed E-state index contributed by atoms with van der Waals surface area (Å²) >= 11 is 0. The predicted octanol–water partition coefficient (Wildman–Crippen LogP) is 2.61. The van der Waals surface area contributed by atoms with Gasteiger partial charge in [0.15, 0.2) is 5.82 Å². The van der Waals surface area contributed by atoms with E-state index >= 15 is 0 Å². The largest absolute Gasteiger partial charge is 0.326 e. The van der Waals surface area contributed by atoms with E-state index in [0.29, 0.717) is 18.7 Å². The first-order valence-corrected chi connectivity index (χ1v) is 6.21. The van der Waals surface area contributed by atoms with Gasteiger partial charge < -0.3 is 5.73 Å². The van der Waals surface area contributed by atoms with Crippen molar-refractivity contribution in [3.05, 3.63) is 47.5 Å². The van der Waals surface area contributed by atoms with Crippen LogP contribution in [-0.4, -0.2) is 9.78 Å². The summed E-state index contributed by atoms with van der Waals surface area (Å²) in [5.41, 5.74) is 7.86. The van der Waals surface area contributed by atoms with Crippen molar-refractivity contribution in [3.63, 3.8) is 0 Å². The highest BCUT2D eigenvalue weighted by Crippen LogP contribution is 2.16. The summed E-state index contributed by atoms with van der Waals surface area (Å²) in [4.78, 5) is 0. The number of aryl methyl sites for hydroxylation is 1. The van der Waals surface area contributed by atoms with Crippen LogP contribution in [0.1, 0.15) is 31.0 Å². The highest BCUT2D eigenvalue weighted by molar-refractivity contribution is 5.40. The molecule has 0 spiro atoms. The lowest BCUT2D eigenvalue weighted by Gasteiger charge is -2.06. The highest BCUT2D eigenvalue weighted by atomic mass is 19.1. The summed E-state index contributed by atoms with van der Waals surface area (Å²) in [7, 11) is 0. The molecular formula is C14H17FN3. The normalized spacial score (nSPS) is 10.8. The number of halogens is 1. The van der Waals surface area contributed by atoms with E-state index in [9.17, 15) is 4.39 Å². The molecule has 0 atom stereocenters. The van der Waals surface area contributed by atoms with Crippen molar-refractivity contribution in [1.82, 2.24) is 9.78 Å². The van der Waals surface area contributed by atoms with E-state index in [1.54, 1.807) is 0 Å². The Balaban J connectivity index is 2.33. The van der Waals surface area contributed by atoms with Crippen molar-refractivity contribution in [3.8, 4) is 5.69 Å². The molecule has 0 unspecified atom stereocenters. The standard InChI is InChI=1S/C14H17FN3/c1-2-3-7-13-12(15)10-18(17-13)14-8-5-4-6-11(14)9-16/h4-6,8H,2-3,7,9,16H2,1H3. The van der Waals surface area contributed by atoms with E-state index in [1.165, 1.54) is 4.68 Å². The summed E-state index contributed by atoms with van der Waals surface area (Å²) in [5.74, 6) is -0.365. The molecule has 0 amide bonds. The second-order valence-electron chi connectivity index (χ2n) is 4.22. The first-order valence-electron chi connectivity index (χ1n) is 6.21. The topological polar surface area (TPSA) is 43.8 Å². The molecule has 0 saturated carbocycles. The minimum atomic E-state index is -0.365. The van der Waals surface area contributed by atoms with Crippen LogP contribution in [0.15, 0.2) is 24.3 Å². The maximum Gasteiger partial charge on any atom is 0.174 e. The highest BCUT2D eigenvalue weighted by Gasteiger charge is 2.11. The van der Waals surface area contributed by atoms with Gasteiger partial charge in [-0.25, -0.2) is 9.07 Å². The molecule has 0 aliphatic carbocycles. The van der Waals surface area contributed by atoms with Gasteiger partial charge in [-0.1, -0.05) is 31.5 Å². The van der Waals surface area contributed by atoms with Gasteiger partial charge in [0, 0.05) is 6.54 Å². The molecule has 2 aromatic rings. The van der Waals surface area contributed by atoms with Gasteiger partial charge in [0.05, 0.1) is 11.4 Å². The Kier molecular flexibility index (Phi) is 4.10.